The average Bonchev–Trinajstić information content (AvgIpc) is 2.82. The monoisotopic (exact) mass is 1190 g/mol. The number of ether oxygens (including phenoxy) is 2. The predicted octanol–water partition coefficient (Wildman–Crippen LogP) is 7.98. The summed E-state index contributed by atoms with van der Waals surface area (Å²) in [5.74, 6) is -0.925. The number of halogens is 6. The van der Waals surface area contributed by atoms with Crippen LogP contribution >= 0.6 is 136 Å². The van der Waals surface area contributed by atoms with Gasteiger partial charge in [0.25, 0.3) is 0 Å². The van der Waals surface area contributed by atoms with Crippen molar-refractivity contribution in [2.75, 3.05) is 18.5 Å². The lowest BCUT2D eigenvalue weighted by Crippen LogP contribution is -2.17. The Labute approximate surface area is 303 Å². The number of carbonyl (C=O) groups excluding carboxylic acids is 4. The summed E-state index contributed by atoms with van der Waals surface area (Å²) in [5.41, 5.74) is 2.37. The molecule has 0 aliphatic rings. The number of ketones is 1. The van der Waals surface area contributed by atoms with Crippen molar-refractivity contribution in [1.29, 1.82) is 0 Å². The number of anilines is 1. The van der Waals surface area contributed by atoms with E-state index in [-0.39, 0.29) is 43.7 Å². The van der Waals surface area contributed by atoms with Crippen LogP contribution in [0.15, 0.2) is 12.1 Å². The number of carbonyl (C=O) groups is 4. The summed E-state index contributed by atoms with van der Waals surface area (Å²) in [6.45, 7) is 4.07. The second-order valence-corrected chi connectivity index (χ2v) is 14.6. The van der Waals surface area contributed by atoms with Crippen LogP contribution in [0.3, 0.4) is 0 Å². The summed E-state index contributed by atoms with van der Waals surface area (Å²) >= 11 is 12.7. The van der Waals surface area contributed by atoms with Gasteiger partial charge in [-0.15, -0.1) is 0 Å². The van der Waals surface area contributed by atoms with E-state index in [1.165, 1.54) is 0 Å². The van der Waals surface area contributed by atoms with Crippen LogP contribution in [0, 0.1) is 21.4 Å². The molecule has 7 nitrogen and oxygen atoms in total. The zero-order valence-electron chi connectivity index (χ0n) is 20.3. The molecule has 0 aliphatic heterocycles. The van der Waals surface area contributed by atoms with Crippen LogP contribution in [0.1, 0.15) is 65.8 Å². The van der Waals surface area contributed by atoms with Gasteiger partial charge in [-0.2, -0.15) is 0 Å². The fourth-order valence-corrected chi connectivity index (χ4v) is 11.6. The molecule has 1 N–H and O–H groups in total. The van der Waals surface area contributed by atoms with E-state index >= 15 is 0 Å². The van der Waals surface area contributed by atoms with Crippen molar-refractivity contribution in [3.8, 4) is 0 Å². The lowest BCUT2D eigenvalue weighted by atomic mass is 10.0. The molecule has 0 saturated heterocycles. The second-order valence-electron chi connectivity index (χ2n) is 7.82. The van der Waals surface area contributed by atoms with Gasteiger partial charge >= 0.3 is 11.9 Å². The fourth-order valence-electron chi connectivity index (χ4n) is 3.37. The summed E-state index contributed by atoms with van der Waals surface area (Å²) in [7, 11) is 0. The molecule has 0 spiro atoms. The molecule has 206 valence electrons. The Kier molecular flexibility index (Phi) is 15.8. The van der Waals surface area contributed by atoms with E-state index in [0.29, 0.717) is 39.6 Å². The smallest absolute Gasteiger partial charge is 0.340 e. The Balaban J connectivity index is 1.97. The van der Waals surface area contributed by atoms with Crippen LogP contribution in [0.5, 0.6) is 0 Å². The average molecular weight is 1190 g/mol. The van der Waals surface area contributed by atoms with Gasteiger partial charge in [0, 0.05) is 37.1 Å². The first kappa shape index (κ1) is 35.1. The highest BCUT2D eigenvalue weighted by Crippen LogP contribution is 2.33. The second kappa shape index (κ2) is 17.1. The van der Waals surface area contributed by atoms with Crippen molar-refractivity contribution >= 4 is 165 Å². The SMILES string of the molecule is CCOC(=O)c1c(I)cc(I)c(CC(=O)CCCCC(=O)Nc2c(I)cc(I)c(C(=O)OCC)c2I)c1I. The number of nitrogens with one attached hydrogen (secondary N) is 1. The van der Waals surface area contributed by atoms with Crippen molar-refractivity contribution < 1.29 is 28.7 Å². The number of esters is 2. The zero-order valence-corrected chi connectivity index (χ0v) is 33.3. The van der Waals surface area contributed by atoms with Crippen LogP contribution in [0.25, 0.3) is 0 Å². The van der Waals surface area contributed by atoms with Gasteiger partial charge in [-0.3, -0.25) is 9.59 Å². The number of rotatable bonds is 12. The molecule has 0 heterocycles. The fraction of sp³-hybridized carbons (Fsp3) is 0.360. The molecule has 0 atom stereocenters. The third-order valence-corrected chi connectivity index (χ3v) is 10.9. The summed E-state index contributed by atoms with van der Waals surface area (Å²) in [6.07, 6.45) is 1.94. The highest BCUT2D eigenvalue weighted by Gasteiger charge is 2.23. The largest absolute Gasteiger partial charge is 0.462 e. The van der Waals surface area contributed by atoms with Gasteiger partial charge in [-0.05, 0) is 180 Å². The van der Waals surface area contributed by atoms with E-state index in [1.807, 2.05) is 12.1 Å². The Hall–Kier alpha value is 0.900. The van der Waals surface area contributed by atoms with Crippen LogP contribution in [-0.4, -0.2) is 36.8 Å². The molecule has 0 radical (unpaired) electrons. The number of Topliss-reactive ketones (excluding diaryl/α,β-unsaturated/α-hetero) is 1. The Morgan fingerprint density at radius 2 is 1.21 bits per heavy atom. The quantitative estimate of drug-likeness (QED) is 0.132. The number of hydrogen-bond acceptors (Lipinski definition) is 6. The number of benzene rings is 2. The number of hydrogen-bond donors (Lipinski definition) is 1. The molecular formula is C25H23I6NO6. The van der Waals surface area contributed by atoms with E-state index in [1.54, 1.807) is 13.8 Å². The first-order valence-electron chi connectivity index (χ1n) is 11.4. The van der Waals surface area contributed by atoms with E-state index in [4.69, 9.17) is 9.47 Å². The van der Waals surface area contributed by atoms with E-state index in [0.717, 1.165) is 23.4 Å². The van der Waals surface area contributed by atoms with Crippen LogP contribution < -0.4 is 5.32 Å². The van der Waals surface area contributed by atoms with Gasteiger partial charge in [-0.1, -0.05) is 0 Å². The Morgan fingerprint density at radius 3 is 1.76 bits per heavy atom. The van der Waals surface area contributed by atoms with Crippen molar-refractivity contribution in [2.24, 2.45) is 0 Å². The first-order chi connectivity index (χ1) is 17.9. The molecule has 0 unspecified atom stereocenters. The Morgan fingerprint density at radius 1 is 0.711 bits per heavy atom. The van der Waals surface area contributed by atoms with Crippen LogP contribution in [0.4, 0.5) is 5.69 Å². The number of unbranched alkanes of at least 4 members (excludes halogenated alkanes) is 1. The molecule has 2 aromatic rings. The lowest BCUT2D eigenvalue weighted by Gasteiger charge is -2.15. The highest BCUT2D eigenvalue weighted by molar-refractivity contribution is 14.1. The third kappa shape index (κ3) is 9.73. The normalized spacial score (nSPS) is 10.7. The summed E-state index contributed by atoms with van der Waals surface area (Å²) in [6, 6.07) is 3.73. The van der Waals surface area contributed by atoms with Crippen molar-refractivity contribution in [3.63, 3.8) is 0 Å². The van der Waals surface area contributed by atoms with Gasteiger partial charge in [0.15, 0.2) is 0 Å². The van der Waals surface area contributed by atoms with Gasteiger partial charge in [0.1, 0.15) is 5.78 Å². The van der Waals surface area contributed by atoms with Crippen LogP contribution in [0.2, 0.25) is 0 Å². The molecule has 0 saturated carbocycles. The zero-order chi connectivity index (χ0) is 28.6. The molecule has 13 heteroatoms. The minimum Gasteiger partial charge on any atom is -0.462 e. The maximum Gasteiger partial charge on any atom is 0.340 e. The minimum absolute atomic E-state index is 0.0538. The molecule has 0 aromatic heterocycles. The van der Waals surface area contributed by atoms with Crippen molar-refractivity contribution in [2.45, 2.75) is 46.0 Å². The standard InChI is InChI=1S/C25H23I6NO6/c1-3-37-24(35)19-15(27)10-14(26)13(21(19)30)9-12(33)7-5-6-8-18(34)32-23-17(29)11-16(28)20(22(23)31)25(36)38-4-2/h10-11H,3-9H2,1-2H3,(H,32,34). The summed E-state index contributed by atoms with van der Waals surface area (Å²) in [5, 5.41) is 2.92. The van der Waals surface area contributed by atoms with Crippen LogP contribution in [-0.2, 0) is 25.5 Å². The maximum absolute atomic E-state index is 12.7. The number of amides is 1. The van der Waals surface area contributed by atoms with Gasteiger partial charge in [0.05, 0.1) is 33.6 Å². The molecule has 0 bridgehead atoms. The Bertz CT molecular complexity index is 1150. The molecule has 0 fully saturated rings. The summed E-state index contributed by atoms with van der Waals surface area (Å²) in [4.78, 5) is 50.2. The maximum atomic E-state index is 12.7. The highest BCUT2D eigenvalue weighted by atomic mass is 127. The lowest BCUT2D eigenvalue weighted by molar-refractivity contribution is -0.119. The summed E-state index contributed by atoms with van der Waals surface area (Å²) < 4.78 is 15.1. The van der Waals surface area contributed by atoms with Gasteiger partial charge in [0.2, 0.25) is 5.91 Å². The first-order valence-corrected chi connectivity index (χ1v) is 17.9. The topological polar surface area (TPSA) is 98.8 Å². The third-order valence-electron chi connectivity index (χ3n) is 5.14. The van der Waals surface area contributed by atoms with E-state index in [2.05, 4.69) is 141 Å². The molecular weight excluding hydrogens is 1170 g/mol. The molecule has 0 aliphatic carbocycles. The van der Waals surface area contributed by atoms with E-state index < -0.39 is 5.97 Å². The molecule has 2 aromatic carbocycles. The molecule has 38 heavy (non-hydrogen) atoms. The minimum atomic E-state index is -0.418. The van der Waals surface area contributed by atoms with Gasteiger partial charge < -0.3 is 14.8 Å². The predicted molar refractivity (Wildman–Crippen MR) is 197 cm³/mol. The van der Waals surface area contributed by atoms with Crippen molar-refractivity contribution in [3.05, 3.63) is 50.2 Å². The molecule has 2 rings (SSSR count). The van der Waals surface area contributed by atoms with Gasteiger partial charge in [-0.25, -0.2) is 9.59 Å². The molecule has 1 amide bonds. The van der Waals surface area contributed by atoms with E-state index in [9.17, 15) is 19.2 Å². The van der Waals surface area contributed by atoms with Crippen molar-refractivity contribution in [1.82, 2.24) is 0 Å².